The molecule has 1 N–H and O–H groups in total. The van der Waals surface area contributed by atoms with E-state index in [1.807, 2.05) is 89.6 Å². The first kappa shape index (κ1) is 15.8. The van der Waals surface area contributed by atoms with E-state index < -0.39 is 0 Å². The van der Waals surface area contributed by atoms with Gasteiger partial charge in [-0.05, 0) is 35.9 Å². The van der Waals surface area contributed by atoms with Crippen LogP contribution in [-0.2, 0) is 4.79 Å². The predicted octanol–water partition coefficient (Wildman–Crippen LogP) is 4.65. The van der Waals surface area contributed by atoms with Crippen molar-refractivity contribution >= 4 is 23.3 Å². The third-order valence-electron chi connectivity index (χ3n) is 4.04. The predicted molar refractivity (Wildman–Crippen MR) is 105 cm³/mol. The van der Waals surface area contributed by atoms with E-state index in [-0.39, 0.29) is 5.91 Å². The quantitative estimate of drug-likeness (QED) is 0.550. The van der Waals surface area contributed by atoms with Crippen LogP contribution in [0, 0.1) is 0 Å². The fourth-order valence-corrected chi connectivity index (χ4v) is 2.72. The summed E-state index contributed by atoms with van der Waals surface area (Å²) in [7, 11) is 0. The molecule has 4 aromatic rings. The van der Waals surface area contributed by atoms with Crippen molar-refractivity contribution in [3.63, 3.8) is 0 Å². The number of anilines is 1. The fourth-order valence-electron chi connectivity index (χ4n) is 2.72. The Morgan fingerprint density at radius 2 is 1.69 bits per heavy atom. The first-order valence-corrected chi connectivity index (χ1v) is 8.36. The van der Waals surface area contributed by atoms with Crippen LogP contribution in [0.25, 0.3) is 23.0 Å². The maximum absolute atomic E-state index is 12.0. The smallest absolute Gasteiger partial charge is 0.248 e. The maximum atomic E-state index is 12.0. The van der Waals surface area contributed by atoms with Gasteiger partial charge in [0.25, 0.3) is 0 Å². The highest BCUT2D eigenvalue weighted by Crippen LogP contribution is 2.21. The molecule has 0 radical (unpaired) electrons. The van der Waals surface area contributed by atoms with Crippen molar-refractivity contribution in [1.29, 1.82) is 0 Å². The fraction of sp³-hybridized carbons (Fsp3) is 0. The average Bonchev–Trinajstić information content (AvgIpc) is 3.12. The molecule has 4 heteroatoms. The van der Waals surface area contributed by atoms with Crippen LogP contribution >= 0.6 is 0 Å². The lowest BCUT2D eigenvalue weighted by Crippen LogP contribution is -2.07. The summed E-state index contributed by atoms with van der Waals surface area (Å²) in [5.41, 5.74) is 4.56. The van der Waals surface area contributed by atoms with Crippen LogP contribution in [0.5, 0.6) is 0 Å². The molecule has 4 rings (SSSR count). The lowest BCUT2D eigenvalue weighted by atomic mass is 10.1. The van der Waals surface area contributed by atoms with Crippen LogP contribution in [0.3, 0.4) is 0 Å². The van der Waals surface area contributed by atoms with E-state index in [0.29, 0.717) is 0 Å². The molecule has 26 heavy (non-hydrogen) atoms. The summed E-state index contributed by atoms with van der Waals surface area (Å²) in [6, 6.07) is 23.3. The number of pyridine rings is 1. The zero-order valence-electron chi connectivity index (χ0n) is 14.0. The number of fused-ring (bicyclic) bond motifs is 1. The molecule has 2 aromatic heterocycles. The second kappa shape index (κ2) is 7.07. The Hall–Kier alpha value is -3.66. The number of hydrogen-bond acceptors (Lipinski definition) is 2. The van der Waals surface area contributed by atoms with Gasteiger partial charge in [-0.3, -0.25) is 4.79 Å². The summed E-state index contributed by atoms with van der Waals surface area (Å²) in [6.45, 7) is 0. The summed E-state index contributed by atoms with van der Waals surface area (Å²) >= 11 is 0. The highest BCUT2D eigenvalue weighted by atomic mass is 16.1. The lowest BCUT2D eigenvalue weighted by Gasteiger charge is -2.03. The summed E-state index contributed by atoms with van der Waals surface area (Å²) in [6.07, 6.45) is 7.29. The summed E-state index contributed by atoms with van der Waals surface area (Å²) in [5.74, 6) is -0.158. The Morgan fingerprint density at radius 3 is 2.46 bits per heavy atom. The van der Waals surface area contributed by atoms with Crippen LogP contribution in [0.15, 0.2) is 91.3 Å². The Balaban J connectivity index is 1.45. The molecule has 126 valence electrons. The number of rotatable bonds is 4. The number of nitrogens with one attached hydrogen (secondary N) is 1. The van der Waals surface area contributed by atoms with Gasteiger partial charge in [0.05, 0.1) is 5.69 Å². The van der Waals surface area contributed by atoms with E-state index in [1.54, 1.807) is 6.08 Å². The van der Waals surface area contributed by atoms with Crippen molar-refractivity contribution < 1.29 is 4.79 Å². The van der Waals surface area contributed by atoms with Crippen molar-refractivity contribution in [1.82, 2.24) is 9.38 Å². The standard InChI is InChI=1S/C22H17N3O/c26-22(14-9-17-6-2-1-3-7-17)23-19-12-10-18(11-13-19)20-16-25-15-5-4-8-21(25)24-20/h1-16H,(H,23,26). The molecule has 0 atom stereocenters. The molecular weight excluding hydrogens is 322 g/mol. The van der Waals surface area contributed by atoms with Crippen LogP contribution in [0.4, 0.5) is 5.69 Å². The third kappa shape index (κ3) is 3.54. The molecule has 0 saturated heterocycles. The monoisotopic (exact) mass is 339 g/mol. The summed E-state index contributed by atoms with van der Waals surface area (Å²) in [5, 5.41) is 2.87. The molecule has 2 aromatic carbocycles. The molecule has 0 saturated carbocycles. The number of aromatic nitrogens is 2. The largest absolute Gasteiger partial charge is 0.323 e. The number of amides is 1. The number of carbonyl (C=O) groups excluding carboxylic acids is 1. The lowest BCUT2D eigenvalue weighted by molar-refractivity contribution is -0.111. The Kier molecular flexibility index (Phi) is 4.31. The molecule has 0 aliphatic heterocycles. The molecule has 1 amide bonds. The maximum Gasteiger partial charge on any atom is 0.248 e. The number of nitrogens with zero attached hydrogens (tertiary/aromatic N) is 2. The van der Waals surface area contributed by atoms with Gasteiger partial charge in [-0.2, -0.15) is 0 Å². The Morgan fingerprint density at radius 1 is 0.923 bits per heavy atom. The van der Waals surface area contributed by atoms with Crippen LogP contribution in [-0.4, -0.2) is 15.3 Å². The molecule has 0 aliphatic carbocycles. The van der Waals surface area contributed by atoms with Gasteiger partial charge in [-0.15, -0.1) is 0 Å². The summed E-state index contributed by atoms with van der Waals surface area (Å²) < 4.78 is 1.99. The number of imidazole rings is 1. The van der Waals surface area contributed by atoms with Crippen molar-refractivity contribution in [2.45, 2.75) is 0 Å². The van der Waals surface area contributed by atoms with E-state index in [2.05, 4.69) is 10.3 Å². The number of benzene rings is 2. The molecule has 0 unspecified atom stereocenters. The van der Waals surface area contributed by atoms with Crippen molar-refractivity contribution in [3.05, 3.63) is 96.8 Å². The Bertz CT molecular complexity index is 1030. The van der Waals surface area contributed by atoms with E-state index in [1.165, 1.54) is 6.08 Å². The molecule has 0 aliphatic rings. The topological polar surface area (TPSA) is 46.4 Å². The first-order valence-electron chi connectivity index (χ1n) is 8.36. The van der Waals surface area contributed by atoms with Gasteiger partial charge >= 0.3 is 0 Å². The third-order valence-corrected chi connectivity index (χ3v) is 4.04. The van der Waals surface area contributed by atoms with Gasteiger partial charge in [-0.25, -0.2) is 4.98 Å². The SMILES string of the molecule is O=C(C=Cc1ccccc1)Nc1ccc(-c2cn3ccccc3n2)cc1. The van der Waals surface area contributed by atoms with E-state index in [4.69, 9.17) is 0 Å². The molecule has 0 fully saturated rings. The molecular formula is C22H17N3O. The van der Waals surface area contributed by atoms with Gasteiger partial charge in [-0.1, -0.05) is 48.5 Å². The van der Waals surface area contributed by atoms with Crippen LogP contribution < -0.4 is 5.32 Å². The number of hydrogen-bond donors (Lipinski definition) is 1. The van der Waals surface area contributed by atoms with Crippen LogP contribution in [0.1, 0.15) is 5.56 Å². The average molecular weight is 339 g/mol. The highest BCUT2D eigenvalue weighted by Gasteiger charge is 2.04. The minimum Gasteiger partial charge on any atom is -0.323 e. The minimum absolute atomic E-state index is 0.158. The highest BCUT2D eigenvalue weighted by molar-refractivity contribution is 6.02. The second-order valence-corrected chi connectivity index (χ2v) is 5.90. The number of carbonyl (C=O) groups is 1. The molecule has 2 heterocycles. The van der Waals surface area contributed by atoms with E-state index in [0.717, 1.165) is 28.2 Å². The second-order valence-electron chi connectivity index (χ2n) is 5.90. The zero-order valence-corrected chi connectivity index (χ0v) is 14.0. The van der Waals surface area contributed by atoms with E-state index >= 15 is 0 Å². The van der Waals surface area contributed by atoms with Gasteiger partial charge in [0.15, 0.2) is 0 Å². The Labute approximate surface area is 151 Å². The van der Waals surface area contributed by atoms with E-state index in [9.17, 15) is 4.79 Å². The summed E-state index contributed by atoms with van der Waals surface area (Å²) in [4.78, 5) is 16.6. The van der Waals surface area contributed by atoms with Crippen molar-refractivity contribution in [2.24, 2.45) is 0 Å². The van der Waals surface area contributed by atoms with Crippen molar-refractivity contribution in [3.8, 4) is 11.3 Å². The first-order chi connectivity index (χ1) is 12.8. The molecule has 0 bridgehead atoms. The van der Waals surface area contributed by atoms with Crippen molar-refractivity contribution in [2.75, 3.05) is 5.32 Å². The van der Waals surface area contributed by atoms with Gasteiger partial charge in [0.2, 0.25) is 5.91 Å². The van der Waals surface area contributed by atoms with Gasteiger partial charge in [0, 0.05) is 29.7 Å². The van der Waals surface area contributed by atoms with Crippen LogP contribution in [0.2, 0.25) is 0 Å². The normalized spacial score (nSPS) is 11.1. The molecule has 0 spiro atoms. The van der Waals surface area contributed by atoms with Gasteiger partial charge in [0.1, 0.15) is 5.65 Å². The zero-order chi connectivity index (χ0) is 17.8. The minimum atomic E-state index is -0.158. The van der Waals surface area contributed by atoms with Gasteiger partial charge < -0.3 is 9.72 Å². The molecule has 4 nitrogen and oxygen atoms in total.